The molecule has 3 aromatic rings. The van der Waals surface area contributed by atoms with E-state index in [1.54, 1.807) is 0 Å². The number of benzene rings is 2. The van der Waals surface area contributed by atoms with Gasteiger partial charge in [-0.25, -0.2) is 9.24 Å². The second-order valence-electron chi connectivity index (χ2n) is 17.3. The van der Waals surface area contributed by atoms with Gasteiger partial charge in [-0.1, -0.05) is 17.7 Å². The number of imide groups is 2. The minimum absolute atomic E-state index is 0.0287. The smallest absolute Gasteiger partial charge is 0.262 e. The molecule has 6 aliphatic rings. The van der Waals surface area contributed by atoms with Gasteiger partial charge in [0.05, 0.1) is 41.0 Å². The predicted molar refractivity (Wildman–Crippen MR) is 222 cm³/mol. The molecule has 1 aromatic heterocycles. The lowest BCUT2D eigenvalue weighted by Crippen LogP contribution is -2.54. The molecule has 59 heavy (non-hydrogen) atoms. The van der Waals surface area contributed by atoms with Crippen LogP contribution >= 0.6 is 11.6 Å². The van der Waals surface area contributed by atoms with E-state index in [0.717, 1.165) is 107 Å². The SMILES string of the molecule is [C-]#[N+]c1ccc(N2CC3(CCN(c4ccc(CN5CCN(C6CCN(c7cc8c(cc7F)C(=O)N(C7CCC(=O)NC7=O)C8=O)CC6)CC5)nc4)CC3)C[C@@H]2C)cc1Cl. The van der Waals surface area contributed by atoms with Crippen LogP contribution in [0.2, 0.25) is 5.02 Å². The number of carbonyl (C=O) groups excluding carboxylic acids is 4. The van der Waals surface area contributed by atoms with E-state index in [4.69, 9.17) is 23.2 Å². The number of piperazine rings is 1. The largest absolute Gasteiger partial charge is 0.370 e. The molecule has 0 saturated carbocycles. The van der Waals surface area contributed by atoms with E-state index in [9.17, 15) is 19.2 Å². The van der Waals surface area contributed by atoms with Gasteiger partial charge in [-0.3, -0.25) is 44.2 Å². The number of halogens is 2. The number of fused-ring (bicyclic) bond motifs is 1. The molecule has 6 aliphatic heterocycles. The van der Waals surface area contributed by atoms with E-state index < -0.39 is 35.5 Å². The third-order valence-corrected chi connectivity index (χ3v) is 14.1. The minimum atomic E-state index is -1.09. The predicted octanol–water partition coefficient (Wildman–Crippen LogP) is 5.50. The Bertz CT molecular complexity index is 2210. The van der Waals surface area contributed by atoms with Crippen molar-refractivity contribution in [3.8, 4) is 0 Å². The van der Waals surface area contributed by atoms with E-state index in [1.807, 2.05) is 29.3 Å². The third kappa shape index (κ3) is 7.53. The molecule has 9 rings (SSSR count). The topological polar surface area (TPSA) is 117 Å². The van der Waals surface area contributed by atoms with Gasteiger partial charge in [-0.05, 0) is 87.3 Å². The maximum Gasteiger partial charge on any atom is 0.262 e. The maximum absolute atomic E-state index is 15.5. The van der Waals surface area contributed by atoms with E-state index in [2.05, 4.69) is 48.8 Å². The second-order valence-corrected chi connectivity index (χ2v) is 17.7. The average molecular weight is 822 g/mol. The van der Waals surface area contributed by atoms with Crippen molar-refractivity contribution in [1.29, 1.82) is 0 Å². The Morgan fingerprint density at radius 1 is 0.881 bits per heavy atom. The number of pyridine rings is 1. The summed E-state index contributed by atoms with van der Waals surface area (Å²) < 4.78 is 15.5. The zero-order valence-corrected chi connectivity index (χ0v) is 34.1. The van der Waals surface area contributed by atoms with E-state index in [0.29, 0.717) is 41.6 Å². The first-order chi connectivity index (χ1) is 28.5. The Labute approximate surface area is 348 Å². The third-order valence-electron chi connectivity index (χ3n) is 13.8. The molecule has 7 heterocycles. The fraction of sp³-hybridized carbons (Fsp3) is 0.500. The molecule has 5 fully saturated rings. The van der Waals surface area contributed by atoms with Crippen LogP contribution < -0.4 is 20.0 Å². The minimum Gasteiger partial charge on any atom is -0.370 e. The highest BCUT2D eigenvalue weighted by Gasteiger charge is 2.46. The number of nitrogens with zero attached hydrogens (tertiary/aromatic N) is 8. The van der Waals surface area contributed by atoms with Gasteiger partial charge in [0.25, 0.3) is 11.8 Å². The normalized spacial score (nSPS) is 24.2. The summed E-state index contributed by atoms with van der Waals surface area (Å²) in [6.07, 6.45) is 7.26. The molecule has 1 unspecified atom stereocenters. The maximum atomic E-state index is 15.5. The van der Waals surface area contributed by atoms with Crippen molar-refractivity contribution in [3.05, 3.63) is 87.7 Å². The van der Waals surface area contributed by atoms with Gasteiger partial charge in [0.2, 0.25) is 17.5 Å². The first kappa shape index (κ1) is 39.4. The monoisotopic (exact) mass is 821 g/mol. The molecule has 0 radical (unpaired) electrons. The van der Waals surface area contributed by atoms with Gasteiger partial charge in [-0.15, -0.1) is 0 Å². The summed E-state index contributed by atoms with van der Waals surface area (Å²) in [6.45, 7) is 18.5. The molecule has 1 N–H and O–H groups in total. The number of aromatic nitrogens is 1. The van der Waals surface area contributed by atoms with Crippen molar-refractivity contribution in [1.82, 2.24) is 25.0 Å². The van der Waals surface area contributed by atoms with Crippen molar-refractivity contribution >= 4 is 58.0 Å². The number of amides is 4. The molecule has 2 aromatic carbocycles. The lowest BCUT2D eigenvalue weighted by atomic mass is 9.76. The van der Waals surface area contributed by atoms with Crippen LogP contribution in [0.15, 0.2) is 48.7 Å². The van der Waals surface area contributed by atoms with Gasteiger partial charge < -0.3 is 14.7 Å². The van der Waals surface area contributed by atoms with Crippen LogP contribution in [-0.4, -0.2) is 120 Å². The highest BCUT2D eigenvalue weighted by molar-refractivity contribution is 6.33. The van der Waals surface area contributed by atoms with Gasteiger partial charge in [0.1, 0.15) is 11.9 Å². The highest BCUT2D eigenvalue weighted by Crippen LogP contribution is 2.46. The number of piperidine rings is 3. The average Bonchev–Trinajstić information content (AvgIpc) is 3.68. The molecule has 5 saturated heterocycles. The van der Waals surface area contributed by atoms with Crippen LogP contribution in [0.1, 0.15) is 78.3 Å². The van der Waals surface area contributed by atoms with Crippen molar-refractivity contribution < 1.29 is 23.6 Å². The summed E-state index contributed by atoms with van der Waals surface area (Å²) in [4.78, 5) is 71.7. The number of rotatable bonds is 7. The molecule has 308 valence electrons. The number of anilines is 3. The van der Waals surface area contributed by atoms with Crippen molar-refractivity contribution in [2.24, 2.45) is 5.41 Å². The lowest BCUT2D eigenvalue weighted by molar-refractivity contribution is -0.136. The Morgan fingerprint density at radius 2 is 1.59 bits per heavy atom. The first-order valence-electron chi connectivity index (χ1n) is 20.9. The number of nitrogens with one attached hydrogen (secondary N) is 1. The van der Waals surface area contributed by atoms with Gasteiger partial charge in [0.15, 0.2) is 0 Å². The summed E-state index contributed by atoms with van der Waals surface area (Å²) in [7, 11) is 0. The molecule has 4 amide bonds. The molecule has 0 bridgehead atoms. The van der Waals surface area contributed by atoms with Crippen molar-refractivity contribution in [3.63, 3.8) is 0 Å². The van der Waals surface area contributed by atoms with E-state index in [1.165, 1.54) is 11.8 Å². The summed E-state index contributed by atoms with van der Waals surface area (Å²) in [6, 6.07) is 12.5. The standard InChI is InChI=1S/C44H49ClFN9O4/c1-28-24-44(27-54(28)31-5-6-37(47-2)35(45)21-31)11-15-51(16-12-44)32-4-3-29(48-25-32)26-50-17-19-52(20-18-50)30-9-13-53(14-10-30)39-23-34-33(22-36(39)46)42(58)55(43(34)59)38-7-8-40(56)49-41(38)57/h3-6,21-23,25,28,30,38H,7-20,24,26-27H2,1H3,(H,49,56,57)/t28-,38?/m0/s1. The van der Waals surface area contributed by atoms with E-state index in [-0.39, 0.29) is 29.4 Å². The Kier molecular flexibility index (Phi) is 10.6. The van der Waals surface area contributed by atoms with Crippen molar-refractivity contribution in [2.45, 2.75) is 76.5 Å². The highest BCUT2D eigenvalue weighted by atomic mass is 35.5. The fourth-order valence-electron chi connectivity index (χ4n) is 10.4. The van der Waals surface area contributed by atoms with Crippen LogP contribution in [0.3, 0.4) is 0 Å². The zero-order chi connectivity index (χ0) is 41.0. The summed E-state index contributed by atoms with van der Waals surface area (Å²) in [5.41, 5.74) is 4.48. The van der Waals surface area contributed by atoms with Gasteiger partial charge >= 0.3 is 0 Å². The molecular formula is C44H49ClFN9O4. The molecule has 0 aliphatic carbocycles. The lowest BCUT2D eigenvalue weighted by Gasteiger charge is -2.43. The van der Waals surface area contributed by atoms with Crippen molar-refractivity contribution in [2.75, 3.05) is 73.6 Å². The molecule has 13 nitrogen and oxygen atoms in total. The number of carbonyl (C=O) groups is 4. The second kappa shape index (κ2) is 15.8. The number of hydrogen-bond acceptors (Lipinski definition) is 10. The molecule has 2 atom stereocenters. The van der Waals surface area contributed by atoms with Crippen LogP contribution in [0.4, 0.5) is 27.1 Å². The Morgan fingerprint density at radius 3 is 2.25 bits per heavy atom. The van der Waals surface area contributed by atoms with Gasteiger partial charge in [0, 0.05) is 94.7 Å². The van der Waals surface area contributed by atoms with E-state index >= 15 is 4.39 Å². The van der Waals surface area contributed by atoms with Gasteiger partial charge in [-0.2, -0.15) is 0 Å². The zero-order valence-electron chi connectivity index (χ0n) is 33.3. The summed E-state index contributed by atoms with van der Waals surface area (Å²) in [5, 5.41) is 2.71. The summed E-state index contributed by atoms with van der Waals surface area (Å²) in [5.74, 6) is -3.02. The first-order valence-corrected chi connectivity index (χ1v) is 21.3. The fourth-order valence-corrected chi connectivity index (χ4v) is 10.7. The van der Waals surface area contributed by atoms with Crippen LogP contribution in [-0.2, 0) is 16.1 Å². The Hall–Kier alpha value is -5.10. The molecular weight excluding hydrogens is 773 g/mol. The van der Waals surface area contributed by atoms with Crippen LogP contribution in [0.25, 0.3) is 4.85 Å². The number of hydrogen-bond donors (Lipinski definition) is 1. The molecule has 15 heteroatoms. The molecule has 1 spiro atoms. The quantitative estimate of drug-likeness (QED) is 0.242. The van der Waals surface area contributed by atoms with Crippen LogP contribution in [0, 0.1) is 17.8 Å². The summed E-state index contributed by atoms with van der Waals surface area (Å²) >= 11 is 6.39. The Balaban J connectivity index is 0.730. The van der Waals surface area contributed by atoms with Crippen LogP contribution in [0.5, 0.6) is 0 Å².